The number of ether oxygens (including phenoxy) is 2. The van der Waals surface area contributed by atoms with Gasteiger partial charge in [0.2, 0.25) is 0 Å². The van der Waals surface area contributed by atoms with Crippen LogP contribution in [-0.4, -0.2) is 29.2 Å². The Hall–Kier alpha value is -2.15. The number of hydrogen-bond donors (Lipinski definition) is 0. The van der Waals surface area contributed by atoms with Gasteiger partial charge < -0.3 is 9.47 Å². The van der Waals surface area contributed by atoms with E-state index in [2.05, 4.69) is 0 Å². The molecule has 0 unspecified atom stereocenters. The van der Waals surface area contributed by atoms with Crippen molar-refractivity contribution in [3.8, 4) is 11.5 Å². The summed E-state index contributed by atoms with van der Waals surface area (Å²) in [5.41, 5.74) is 1.58. The Morgan fingerprint density at radius 3 is 2.56 bits per heavy atom. The molecule has 180 valence electrons. The Kier molecular flexibility index (Phi) is 8.46. The zero-order valence-electron chi connectivity index (χ0n) is 19.0. The zero-order chi connectivity index (χ0) is 24.1. The summed E-state index contributed by atoms with van der Waals surface area (Å²) in [6, 6.07) is 10.7. The van der Waals surface area contributed by atoms with Crippen molar-refractivity contribution in [2.24, 2.45) is 5.92 Å². The summed E-state index contributed by atoms with van der Waals surface area (Å²) < 4.78 is 11.7. The van der Waals surface area contributed by atoms with Crippen molar-refractivity contribution in [1.29, 1.82) is 0 Å². The first-order valence-corrected chi connectivity index (χ1v) is 13.1. The van der Waals surface area contributed by atoms with E-state index in [1.165, 1.54) is 24.2 Å². The lowest BCUT2D eigenvalue weighted by atomic mass is 9.89. The predicted molar refractivity (Wildman–Crippen MR) is 138 cm³/mol. The number of thioether (sulfide) groups is 1. The summed E-state index contributed by atoms with van der Waals surface area (Å²) in [7, 11) is 0. The van der Waals surface area contributed by atoms with Crippen molar-refractivity contribution in [2.75, 3.05) is 13.2 Å². The molecular formula is C26H27Cl2NO4S. The number of amides is 2. The van der Waals surface area contributed by atoms with E-state index in [9.17, 15) is 9.59 Å². The Morgan fingerprint density at radius 2 is 1.82 bits per heavy atom. The Bertz CT molecular complexity index is 1100. The minimum Gasteiger partial charge on any atom is -0.490 e. The summed E-state index contributed by atoms with van der Waals surface area (Å²) in [4.78, 5) is 27.3. The molecule has 1 aliphatic heterocycles. The van der Waals surface area contributed by atoms with Gasteiger partial charge in [0, 0.05) is 22.2 Å². The molecule has 0 bridgehead atoms. The van der Waals surface area contributed by atoms with Crippen molar-refractivity contribution in [1.82, 2.24) is 4.90 Å². The van der Waals surface area contributed by atoms with E-state index in [0.29, 0.717) is 45.5 Å². The van der Waals surface area contributed by atoms with E-state index >= 15 is 0 Å². The maximum absolute atomic E-state index is 12.9. The summed E-state index contributed by atoms with van der Waals surface area (Å²) in [6.07, 6.45) is 7.51. The van der Waals surface area contributed by atoms with Gasteiger partial charge in [-0.15, -0.1) is 0 Å². The fourth-order valence-electron chi connectivity index (χ4n) is 4.23. The monoisotopic (exact) mass is 519 g/mol. The van der Waals surface area contributed by atoms with Gasteiger partial charge in [-0.2, -0.15) is 0 Å². The summed E-state index contributed by atoms with van der Waals surface area (Å²) in [5.74, 6) is 1.33. The third-order valence-electron chi connectivity index (χ3n) is 6.00. The minimum absolute atomic E-state index is 0.188. The summed E-state index contributed by atoms with van der Waals surface area (Å²) in [5, 5.41) is 0.911. The van der Waals surface area contributed by atoms with Crippen molar-refractivity contribution >= 4 is 52.2 Å². The Labute approximate surface area is 214 Å². The van der Waals surface area contributed by atoms with Crippen LogP contribution in [0.5, 0.6) is 11.5 Å². The normalized spacial score (nSPS) is 18.1. The van der Waals surface area contributed by atoms with Crippen LogP contribution in [0.15, 0.2) is 41.3 Å². The van der Waals surface area contributed by atoms with Gasteiger partial charge in [-0.05, 0) is 73.4 Å². The van der Waals surface area contributed by atoms with Crippen LogP contribution < -0.4 is 9.47 Å². The van der Waals surface area contributed by atoms with Gasteiger partial charge in [-0.1, -0.05) is 54.6 Å². The number of hydrogen-bond acceptors (Lipinski definition) is 5. The second-order valence-corrected chi connectivity index (χ2v) is 10.3. The van der Waals surface area contributed by atoms with Crippen LogP contribution in [0.4, 0.5) is 4.79 Å². The van der Waals surface area contributed by atoms with Gasteiger partial charge >= 0.3 is 0 Å². The van der Waals surface area contributed by atoms with E-state index in [-0.39, 0.29) is 17.8 Å². The first kappa shape index (κ1) is 25.0. The molecule has 1 aliphatic carbocycles. The lowest BCUT2D eigenvalue weighted by Crippen LogP contribution is -2.34. The van der Waals surface area contributed by atoms with Gasteiger partial charge in [-0.25, -0.2) is 0 Å². The first-order valence-electron chi connectivity index (χ1n) is 11.5. The van der Waals surface area contributed by atoms with Gasteiger partial charge in [0.25, 0.3) is 11.1 Å². The van der Waals surface area contributed by atoms with Gasteiger partial charge in [0.05, 0.1) is 11.5 Å². The van der Waals surface area contributed by atoms with Gasteiger partial charge in [0.1, 0.15) is 6.61 Å². The molecule has 0 aromatic heterocycles. The lowest BCUT2D eigenvalue weighted by molar-refractivity contribution is -0.123. The topological polar surface area (TPSA) is 55.8 Å². The fourth-order valence-corrected chi connectivity index (χ4v) is 5.54. The number of carbonyl (C=O) groups is 2. The molecule has 4 rings (SSSR count). The number of nitrogens with zero attached hydrogens (tertiary/aromatic N) is 1. The highest BCUT2D eigenvalue weighted by molar-refractivity contribution is 8.18. The van der Waals surface area contributed by atoms with Crippen molar-refractivity contribution < 1.29 is 19.1 Å². The Morgan fingerprint density at radius 1 is 1.03 bits per heavy atom. The molecule has 5 nitrogen and oxygen atoms in total. The Balaban J connectivity index is 1.47. The number of halogens is 2. The van der Waals surface area contributed by atoms with Crippen molar-refractivity contribution in [3.63, 3.8) is 0 Å². The predicted octanol–water partition coefficient (Wildman–Crippen LogP) is 7.59. The van der Waals surface area contributed by atoms with Crippen LogP contribution in [0.1, 0.15) is 50.2 Å². The number of rotatable bonds is 8. The number of benzene rings is 2. The maximum Gasteiger partial charge on any atom is 0.293 e. The first-order chi connectivity index (χ1) is 16.4. The molecule has 2 amide bonds. The average Bonchev–Trinajstić information content (AvgIpc) is 3.08. The van der Waals surface area contributed by atoms with Crippen LogP contribution in [0.3, 0.4) is 0 Å². The van der Waals surface area contributed by atoms with E-state index in [0.717, 1.165) is 35.7 Å². The molecule has 0 spiro atoms. The molecule has 2 aliphatic rings. The van der Waals surface area contributed by atoms with E-state index < -0.39 is 0 Å². The largest absolute Gasteiger partial charge is 0.490 e. The fraction of sp³-hybridized carbons (Fsp3) is 0.385. The highest BCUT2D eigenvalue weighted by Crippen LogP contribution is 2.36. The van der Waals surface area contributed by atoms with E-state index in [4.69, 9.17) is 32.7 Å². The number of imide groups is 1. The molecule has 34 heavy (non-hydrogen) atoms. The van der Waals surface area contributed by atoms with Crippen molar-refractivity contribution in [2.45, 2.75) is 45.6 Å². The highest BCUT2D eigenvalue weighted by Gasteiger charge is 2.36. The third kappa shape index (κ3) is 6.09. The highest BCUT2D eigenvalue weighted by atomic mass is 35.5. The standard InChI is InChI=1S/C26H27Cl2NO4S/c1-2-32-23-12-18(8-11-22(23)33-16-19-9-10-20(27)14-21(19)28)13-24-25(30)29(26(31)34-24)15-17-6-4-3-5-7-17/h8-14,17H,2-7,15-16H2,1H3/b24-13+. The van der Waals surface area contributed by atoms with Gasteiger partial charge in [-0.3, -0.25) is 14.5 Å². The second kappa shape index (κ2) is 11.5. The average molecular weight is 520 g/mol. The third-order valence-corrected chi connectivity index (χ3v) is 7.50. The molecule has 1 heterocycles. The van der Waals surface area contributed by atoms with Crippen molar-refractivity contribution in [3.05, 3.63) is 62.5 Å². The molecule has 2 aromatic rings. The molecule has 1 saturated carbocycles. The van der Waals surface area contributed by atoms with E-state index in [1.54, 1.807) is 24.3 Å². The molecule has 2 aromatic carbocycles. The molecular weight excluding hydrogens is 493 g/mol. The SMILES string of the molecule is CCOc1cc(/C=C2/SC(=O)N(CC3CCCCC3)C2=O)ccc1OCc1ccc(Cl)cc1Cl. The van der Waals surface area contributed by atoms with Crippen LogP contribution in [-0.2, 0) is 11.4 Å². The summed E-state index contributed by atoms with van der Waals surface area (Å²) >= 11 is 13.2. The molecule has 0 radical (unpaired) electrons. The molecule has 2 fully saturated rings. The minimum atomic E-state index is -0.212. The molecule has 8 heteroatoms. The van der Waals surface area contributed by atoms with E-state index in [1.807, 2.05) is 25.1 Å². The van der Waals surface area contributed by atoms with Crippen LogP contribution in [0, 0.1) is 5.92 Å². The molecule has 0 atom stereocenters. The molecule has 1 saturated heterocycles. The van der Waals surface area contributed by atoms with Crippen LogP contribution >= 0.6 is 35.0 Å². The summed E-state index contributed by atoms with van der Waals surface area (Å²) in [6.45, 7) is 3.13. The molecule has 0 N–H and O–H groups in total. The lowest BCUT2D eigenvalue weighted by Gasteiger charge is -2.25. The van der Waals surface area contributed by atoms with Crippen LogP contribution in [0.25, 0.3) is 6.08 Å². The van der Waals surface area contributed by atoms with Crippen LogP contribution in [0.2, 0.25) is 10.0 Å². The quantitative estimate of drug-likeness (QED) is 0.336. The van der Waals surface area contributed by atoms with Gasteiger partial charge in [0.15, 0.2) is 11.5 Å². The number of carbonyl (C=O) groups excluding carboxylic acids is 2. The smallest absolute Gasteiger partial charge is 0.293 e. The second-order valence-electron chi connectivity index (χ2n) is 8.46. The zero-order valence-corrected chi connectivity index (χ0v) is 21.3. The maximum atomic E-state index is 12.9.